The lowest BCUT2D eigenvalue weighted by atomic mass is 10.1. The summed E-state index contributed by atoms with van der Waals surface area (Å²) in [6.45, 7) is 5.55. The summed E-state index contributed by atoms with van der Waals surface area (Å²) in [4.78, 5) is 32.9. The Morgan fingerprint density at radius 2 is 1.82 bits per heavy atom. The van der Waals surface area contributed by atoms with Gasteiger partial charge < -0.3 is 20.7 Å². The molecule has 0 atom stereocenters. The van der Waals surface area contributed by atoms with E-state index in [0.29, 0.717) is 34.5 Å². The summed E-state index contributed by atoms with van der Waals surface area (Å²) >= 11 is 6.30. The Morgan fingerprint density at radius 1 is 1.06 bits per heavy atom. The minimum absolute atomic E-state index is 0.227. The largest absolute Gasteiger partial charge is 0.460 e. The molecule has 34 heavy (non-hydrogen) atoms. The van der Waals surface area contributed by atoms with Gasteiger partial charge in [0.25, 0.3) is 5.91 Å². The predicted molar refractivity (Wildman–Crippen MR) is 134 cm³/mol. The Balaban J connectivity index is 1.72. The number of aryl methyl sites for hydroxylation is 1. The number of esters is 1. The van der Waals surface area contributed by atoms with E-state index in [9.17, 15) is 9.59 Å². The summed E-state index contributed by atoms with van der Waals surface area (Å²) in [6.07, 6.45) is 2.32. The highest BCUT2D eigenvalue weighted by Gasteiger charge is 2.16. The number of carbonyl (C=O) groups is 2. The number of ether oxygens (including phenoxy) is 1. The summed E-state index contributed by atoms with van der Waals surface area (Å²) in [5.41, 5.74) is 2.27. The highest BCUT2D eigenvalue weighted by molar-refractivity contribution is 6.33. The van der Waals surface area contributed by atoms with Gasteiger partial charge in [-0.05, 0) is 57.0 Å². The molecule has 0 aliphatic rings. The van der Waals surface area contributed by atoms with E-state index in [1.165, 1.54) is 6.20 Å². The molecule has 3 aromatic rings. The molecule has 0 aliphatic carbocycles. The van der Waals surface area contributed by atoms with Crippen molar-refractivity contribution in [2.75, 3.05) is 17.7 Å². The summed E-state index contributed by atoms with van der Waals surface area (Å²) in [5.74, 6) is 0.222. The topological polar surface area (TPSA) is 105 Å². The molecule has 0 saturated carbocycles. The maximum absolute atomic E-state index is 12.2. The normalized spacial score (nSPS) is 11.0. The van der Waals surface area contributed by atoms with Gasteiger partial charge in [-0.15, -0.1) is 0 Å². The van der Waals surface area contributed by atoms with Crippen LogP contribution in [0.4, 0.5) is 23.1 Å². The zero-order valence-electron chi connectivity index (χ0n) is 19.6. The summed E-state index contributed by atoms with van der Waals surface area (Å²) in [5, 5.41) is 9.19. The van der Waals surface area contributed by atoms with Crippen LogP contribution in [0.5, 0.6) is 0 Å². The number of hydrogen-bond donors (Lipinski definition) is 3. The SMILES string of the molecule is CNC(=O)c1ccccc1Nc1nc(Nc2cccc(CCC(=O)OC(C)(C)C)c2)ncc1Cl. The van der Waals surface area contributed by atoms with Crippen LogP contribution in [-0.2, 0) is 16.0 Å². The standard InChI is InChI=1S/C25H28ClN5O3/c1-25(2,3)34-21(32)13-12-16-8-7-9-17(14-16)29-24-28-15-19(26)22(31-24)30-20-11-6-5-10-18(20)23(33)27-4/h5-11,14-15H,12-13H2,1-4H3,(H,27,33)(H2,28,29,30,31). The fourth-order valence-electron chi connectivity index (χ4n) is 3.14. The first-order chi connectivity index (χ1) is 16.1. The number of nitrogens with one attached hydrogen (secondary N) is 3. The smallest absolute Gasteiger partial charge is 0.306 e. The van der Waals surface area contributed by atoms with Gasteiger partial charge in [0.1, 0.15) is 10.6 Å². The molecule has 178 valence electrons. The number of rotatable bonds is 8. The second kappa shape index (κ2) is 11.0. The molecule has 0 unspecified atom stereocenters. The molecular weight excluding hydrogens is 454 g/mol. The van der Waals surface area contributed by atoms with Gasteiger partial charge in [-0.25, -0.2) is 4.98 Å². The first-order valence-electron chi connectivity index (χ1n) is 10.8. The van der Waals surface area contributed by atoms with Gasteiger partial charge in [0.15, 0.2) is 5.82 Å². The molecule has 9 heteroatoms. The summed E-state index contributed by atoms with van der Waals surface area (Å²) in [7, 11) is 1.57. The number of hydrogen-bond acceptors (Lipinski definition) is 7. The van der Waals surface area contributed by atoms with Crippen molar-refractivity contribution in [1.29, 1.82) is 0 Å². The molecule has 0 fully saturated rings. The number of para-hydroxylation sites is 1. The van der Waals surface area contributed by atoms with Gasteiger partial charge in [-0.3, -0.25) is 9.59 Å². The highest BCUT2D eigenvalue weighted by atomic mass is 35.5. The number of carbonyl (C=O) groups excluding carboxylic acids is 2. The van der Waals surface area contributed by atoms with E-state index >= 15 is 0 Å². The Labute approximate surface area is 204 Å². The number of anilines is 4. The first kappa shape index (κ1) is 25.0. The van der Waals surface area contributed by atoms with Crippen LogP contribution in [0.3, 0.4) is 0 Å². The van der Waals surface area contributed by atoms with Crippen molar-refractivity contribution in [2.24, 2.45) is 0 Å². The zero-order chi connectivity index (χ0) is 24.7. The lowest BCUT2D eigenvalue weighted by Gasteiger charge is -2.19. The van der Waals surface area contributed by atoms with E-state index in [1.54, 1.807) is 25.2 Å². The van der Waals surface area contributed by atoms with Crippen molar-refractivity contribution in [1.82, 2.24) is 15.3 Å². The van der Waals surface area contributed by atoms with Crippen molar-refractivity contribution >= 4 is 46.6 Å². The van der Waals surface area contributed by atoms with Crippen molar-refractivity contribution in [2.45, 2.75) is 39.2 Å². The average molecular weight is 482 g/mol. The predicted octanol–water partition coefficient (Wildman–Crippen LogP) is 5.25. The second-order valence-electron chi connectivity index (χ2n) is 8.55. The highest BCUT2D eigenvalue weighted by Crippen LogP contribution is 2.27. The third-order valence-corrected chi connectivity index (χ3v) is 4.89. The van der Waals surface area contributed by atoms with Gasteiger partial charge in [0, 0.05) is 19.2 Å². The van der Waals surface area contributed by atoms with Gasteiger partial charge in [-0.1, -0.05) is 35.9 Å². The number of halogens is 1. The van der Waals surface area contributed by atoms with Crippen molar-refractivity contribution in [3.8, 4) is 0 Å². The Morgan fingerprint density at radius 3 is 2.56 bits per heavy atom. The molecule has 3 N–H and O–H groups in total. The Bertz CT molecular complexity index is 1180. The fraction of sp³-hybridized carbons (Fsp3) is 0.280. The molecular formula is C25H28ClN5O3. The Kier molecular flexibility index (Phi) is 8.07. The lowest BCUT2D eigenvalue weighted by Crippen LogP contribution is -2.24. The molecule has 0 saturated heterocycles. The summed E-state index contributed by atoms with van der Waals surface area (Å²) in [6, 6.07) is 14.7. The minimum atomic E-state index is -0.501. The van der Waals surface area contributed by atoms with Crippen LogP contribution in [0.2, 0.25) is 5.02 Å². The molecule has 0 aliphatic heterocycles. The van der Waals surface area contributed by atoms with Crippen LogP contribution in [0.1, 0.15) is 43.1 Å². The molecule has 0 spiro atoms. The van der Waals surface area contributed by atoms with Crippen LogP contribution in [0.15, 0.2) is 54.7 Å². The molecule has 3 rings (SSSR count). The quantitative estimate of drug-likeness (QED) is 0.377. The molecule has 1 heterocycles. The van der Waals surface area contributed by atoms with Gasteiger partial charge in [0.05, 0.1) is 17.4 Å². The van der Waals surface area contributed by atoms with E-state index in [0.717, 1.165) is 11.3 Å². The van der Waals surface area contributed by atoms with E-state index < -0.39 is 5.60 Å². The molecule has 8 nitrogen and oxygen atoms in total. The van der Waals surface area contributed by atoms with E-state index in [-0.39, 0.29) is 18.3 Å². The van der Waals surface area contributed by atoms with E-state index in [4.69, 9.17) is 16.3 Å². The van der Waals surface area contributed by atoms with Crippen molar-refractivity contribution in [3.63, 3.8) is 0 Å². The van der Waals surface area contributed by atoms with Crippen LogP contribution in [0, 0.1) is 0 Å². The van der Waals surface area contributed by atoms with Crippen LogP contribution in [-0.4, -0.2) is 34.5 Å². The maximum Gasteiger partial charge on any atom is 0.306 e. The number of nitrogens with zero attached hydrogens (tertiary/aromatic N) is 2. The molecule has 1 amide bonds. The maximum atomic E-state index is 12.2. The minimum Gasteiger partial charge on any atom is -0.460 e. The lowest BCUT2D eigenvalue weighted by molar-refractivity contribution is -0.154. The average Bonchev–Trinajstić information content (AvgIpc) is 2.79. The van der Waals surface area contributed by atoms with Crippen molar-refractivity contribution < 1.29 is 14.3 Å². The first-order valence-corrected chi connectivity index (χ1v) is 11.2. The molecule has 1 aromatic heterocycles. The zero-order valence-corrected chi connectivity index (χ0v) is 20.4. The third kappa shape index (κ3) is 7.18. The Hall–Kier alpha value is -3.65. The molecule has 2 aromatic carbocycles. The molecule has 0 bridgehead atoms. The van der Waals surface area contributed by atoms with Crippen LogP contribution < -0.4 is 16.0 Å². The van der Waals surface area contributed by atoms with Crippen LogP contribution in [0.25, 0.3) is 0 Å². The number of amides is 1. The number of benzene rings is 2. The molecule has 0 radical (unpaired) electrons. The summed E-state index contributed by atoms with van der Waals surface area (Å²) < 4.78 is 5.37. The van der Waals surface area contributed by atoms with E-state index in [1.807, 2.05) is 51.1 Å². The van der Waals surface area contributed by atoms with Gasteiger partial charge in [-0.2, -0.15) is 4.98 Å². The third-order valence-electron chi connectivity index (χ3n) is 4.62. The van der Waals surface area contributed by atoms with Crippen molar-refractivity contribution in [3.05, 3.63) is 70.9 Å². The monoisotopic (exact) mass is 481 g/mol. The number of aromatic nitrogens is 2. The second-order valence-corrected chi connectivity index (χ2v) is 8.96. The van der Waals surface area contributed by atoms with Crippen LogP contribution >= 0.6 is 11.6 Å². The van der Waals surface area contributed by atoms with Gasteiger partial charge >= 0.3 is 5.97 Å². The van der Waals surface area contributed by atoms with Gasteiger partial charge in [0.2, 0.25) is 5.95 Å². The van der Waals surface area contributed by atoms with E-state index in [2.05, 4.69) is 25.9 Å². The fourth-order valence-corrected chi connectivity index (χ4v) is 3.28.